The summed E-state index contributed by atoms with van der Waals surface area (Å²) in [5, 5.41) is 7.71. The topological polar surface area (TPSA) is 91.2 Å². The van der Waals surface area contributed by atoms with Crippen molar-refractivity contribution in [3.63, 3.8) is 0 Å². The highest BCUT2D eigenvalue weighted by Crippen LogP contribution is 2.30. The molecule has 0 saturated heterocycles. The van der Waals surface area contributed by atoms with Gasteiger partial charge in [0.05, 0.1) is 44.8 Å². The Bertz CT molecular complexity index is 1010. The molecule has 1 aliphatic carbocycles. The van der Waals surface area contributed by atoms with Crippen LogP contribution in [0.1, 0.15) is 37.3 Å². The van der Waals surface area contributed by atoms with Crippen LogP contribution in [-0.4, -0.2) is 45.9 Å². The molecule has 0 spiro atoms. The van der Waals surface area contributed by atoms with Crippen molar-refractivity contribution in [3.8, 4) is 22.8 Å². The lowest BCUT2D eigenvalue weighted by molar-refractivity contribution is -0.121. The second-order valence-electron chi connectivity index (χ2n) is 7.73. The fourth-order valence-corrected chi connectivity index (χ4v) is 4.05. The summed E-state index contributed by atoms with van der Waals surface area (Å²) in [6, 6.07) is 6.03. The van der Waals surface area contributed by atoms with E-state index in [4.69, 9.17) is 9.47 Å². The molecule has 2 aromatic heterocycles. The third kappa shape index (κ3) is 5.02. The SMILES string of the molecule is COc1ccc(CC(=O)NC2CCC(n3cc(-c4cnccn4)cn3)CC2)c(OC)c1. The Balaban J connectivity index is 1.29. The van der Waals surface area contributed by atoms with E-state index in [2.05, 4.69) is 20.4 Å². The standard InChI is InChI=1S/C23H27N5O3/c1-30-20-8-3-16(22(12-20)31-2)11-23(29)27-18-4-6-19(7-5-18)28-15-17(13-26-28)21-14-24-9-10-25-21/h3,8-10,12-15,18-19H,4-7,11H2,1-2H3,(H,27,29). The number of benzene rings is 1. The van der Waals surface area contributed by atoms with Crippen LogP contribution in [0, 0.1) is 0 Å². The first-order valence-corrected chi connectivity index (χ1v) is 10.5. The number of amides is 1. The van der Waals surface area contributed by atoms with Gasteiger partial charge >= 0.3 is 0 Å². The molecule has 0 aliphatic heterocycles. The highest BCUT2D eigenvalue weighted by molar-refractivity contribution is 5.79. The highest BCUT2D eigenvalue weighted by Gasteiger charge is 2.24. The maximum Gasteiger partial charge on any atom is 0.224 e. The van der Waals surface area contributed by atoms with Gasteiger partial charge in [0.15, 0.2) is 0 Å². The number of carbonyl (C=O) groups excluding carboxylic acids is 1. The molecule has 31 heavy (non-hydrogen) atoms. The van der Waals surface area contributed by atoms with Crippen LogP contribution in [0.2, 0.25) is 0 Å². The molecular weight excluding hydrogens is 394 g/mol. The Morgan fingerprint density at radius 2 is 1.97 bits per heavy atom. The number of rotatable bonds is 7. The van der Waals surface area contributed by atoms with Gasteiger partial charge in [-0.1, -0.05) is 6.07 Å². The average Bonchev–Trinajstić information content (AvgIpc) is 3.31. The summed E-state index contributed by atoms with van der Waals surface area (Å²) in [4.78, 5) is 21.0. The van der Waals surface area contributed by atoms with E-state index in [-0.39, 0.29) is 18.4 Å². The molecule has 3 aromatic rings. The maximum absolute atomic E-state index is 12.6. The summed E-state index contributed by atoms with van der Waals surface area (Å²) in [5.74, 6) is 1.38. The second-order valence-corrected chi connectivity index (χ2v) is 7.73. The Labute approximate surface area is 181 Å². The monoisotopic (exact) mass is 421 g/mol. The van der Waals surface area contributed by atoms with Crippen LogP contribution in [0.25, 0.3) is 11.3 Å². The molecule has 1 aromatic carbocycles. The molecule has 0 bridgehead atoms. The minimum atomic E-state index is 0.0101. The lowest BCUT2D eigenvalue weighted by Crippen LogP contribution is -2.38. The van der Waals surface area contributed by atoms with E-state index in [9.17, 15) is 4.79 Å². The molecule has 1 aliphatic rings. The van der Waals surface area contributed by atoms with Gasteiger partial charge in [-0.2, -0.15) is 5.10 Å². The van der Waals surface area contributed by atoms with Crippen molar-refractivity contribution in [1.82, 2.24) is 25.1 Å². The first-order chi connectivity index (χ1) is 15.2. The normalized spacial score (nSPS) is 18.4. The lowest BCUT2D eigenvalue weighted by atomic mass is 9.91. The molecule has 1 amide bonds. The second kappa shape index (κ2) is 9.59. The molecule has 8 nitrogen and oxygen atoms in total. The zero-order chi connectivity index (χ0) is 21.6. The Hall–Kier alpha value is -3.42. The maximum atomic E-state index is 12.6. The highest BCUT2D eigenvalue weighted by atomic mass is 16.5. The van der Waals surface area contributed by atoms with Crippen LogP contribution >= 0.6 is 0 Å². The summed E-state index contributed by atoms with van der Waals surface area (Å²) in [5.41, 5.74) is 2.64. The predicted molar refractivity (Wildman–Crippen MR) is 116 cm³/mol. The predicted octanol–water partition coefficient (Wildman–Crippen LogP) is 3.20. The van der Waals surface area contributed by atoms with Crippen molar-refractivity contribution in [2.24, 2.45) is 0 Å². The molecule has 0 radical (unpaired) electrons. The number of hydrogen-bond acceptors (Lipinski definition) is 6. The minimum Gasteiger partial charge on any atom is -0.497 e. The summed E-state index contributed by atoms with van der Waals surface area (Å²) < 4.78 is 12.6. The van der Waals surface area contributed by atoms with E-state index in [0.29, 0.717) is 17.5 Å². The van der Waals surface area contributed by atoms with Crippen LogP contribution in [-0.2, 0) is 11.2 Å². The van der Waals surface area contributed by atoms with Crippen molar-refractivity contribution in [2.45, 2.75) is 44.2 Å². The van der Waals surface area contributed by atoms with Crippen molar-refractivity contribution in [2.75, 3.05) is 14.2 Å². The van der Waals surface area contributed by atoms with Crippen molar-refractivity contribution in [1.29, 1.82) is 0 Å². The van der Waals surface area contributed by atoms with Gasteiger partial charge < -0.3 is 14.8 Å². The van der Waals surface area contributed by atoms with Gasteiger partial charge in [0, 0.05) is 41.8 Å². The zero-order valence-electron chi connectivity index (χ0n) is 17.8. The van der Waals surface area contributed by atoms with Gasteiger partial charge in [-0.05, 0) is 31.7 Å². The van der Waals surface area contributed by atoms with E-state index >= 15 is 0 Å². The molecule has 4 rings (SSSR count). The van der Waals surface area contributed by atoms with Gasteiger partial charge in [0.2, 0.25) is 5.91 Å². The molecule has 2 heterocycles. The average molecular weight is 422 g/mol. The number of nitrogens with zero attached hydrogens (tertiary/aromatic N) is 4. The Morgan fingerprint density at radius 3 is 2.68 bits per heavy atom. The first kappa shape index (κ1) is 20.8. The van der Waals surface area contributed by atoms with E-state index < -0.39 is 0 Å². The van der Waals surface area contributed by atoms with Gasteiger partial charge in [0.1, 0.15) is 11.5 Å². The molecule has 1 fully saturated rings. The van der Waals surface area contributed by atoms with Crippen LogP contribution in [0.4, 0.5) is 0 Å². The van der Waals surface area contributed by atoms with Crippen LogP contribution < -0.4 is 14.8 Å². The zero-order valence-corrected chi connectivity index (χ0v) is 17.8. The van der Waals surface area contributed by atoms with Crippen molar-refractivity contribution < 1.29 is 14.3 Å². The number of ether oxygens (including phenoxy) is 2. The molecule has 0 unspecified atom stereocenters. The fraction of sp³-hybridized carbons (Fsp3) is 0.391. The van der Waals surface area contributed by atoms with Gasteiger partial charge in [-0.25, -0.2) is 0 Å². The summed E-state index contributed by atoms with van der Waals surface area (Å²) in [7, 11) is 3.21. The van der Waals surface area contributed by atoms with Crippen molar-refractivity contribution in [3.05, 3.63) is 54.7 Å². The number of nitrogens with one attached hydrogen (secondary N) is 1. The van der Waals surface area contributed by atoms with Crippen LogP contribution in [0.15, 0.2) is 49.2 Å². The minimum absolute atomic E-state index is 0.0101. The molecule has 0 atom stereocenters. The molecular formula is C23H27N5O3. The molecule has 1 N–H and O–H groups in total. The number of methoxy groups -OCH3 is 2. The van der Waals surface area contributed by atoms with Gasteiger partial charge in [-0.3, -0.25) is 19.4 Å². The number of hydrogen-bond donors (Lipinski definition) is 1. The smallest absolute Gasteiger partial charge is 0.224 e. The first-order valence-electron chi connectivity index (χ1n) is 10.5. The van der Waals surface area contributed by atoms with Crippen molar-refractivity contribution >= 4 is 5.91 Å². The van der Waals surface area contributed by atoms with E-state index in [0.717, 1.165) is 42.5 Å². The van der Waals surface area contributed by atoms with Crippen LogP contribution in [0.5, 0.6) is 11.5 Å². The lowest BCUT2D eigenvalue weighted by Gasteiger charge is -2.29. The largest absolute Gasteiger partial charge is 0.497 e. The molecule has 162 valence electrons. The van der Waals surface area contributed by atoms with E-state index in [1.807, 2.05) is 29.2 Å². The van der Waals surface area contributed by atoms with E-state index in [1.54, 1.807) is 38.9 Å². The van der Waals surface area contributed by atoms with Crippen LogP contribution in [0.3, 0.4) is 0 Å². The Morgan fingerprint density at radius 1 is 1.13 bits per heavy atom. The van der Waals surface area contributed by atoms with Gasteiger partial charge in [-0.15, -0.1) is 0 Å². The third-order valence-electron chi connectivity index (χ3n) is 5.74. The van der Waals surface area contributed by atoms with E-state index in [1.165, 1.54) is 0 Å². The van der Waals surface area contributed by atoms with Gasteiger partial charge in [0.25, 0.3) is 0 Å². The quantitative estimate of drug-likeness (QED) is 0.630. The Kier molecular flexibility index (Phi) is 6.45. The fourth-order valence-electron chi connectivity index (χ4n) is 4.05. The summed E-state index contributed by atoms with van der Waals surface area (Å²) in [6.45, 7) is 0. The summed E-state index contributed by atoms with van der Waals surface area (Å²) in [6.07, 6.45) is 13.0. The molecule has 8 heteroatoms. The third-order valence-corrected chi connectivity index (χ3v) is 5.74. The molecule has 1 saturated carbocycles. The number of carbonyl (C=O) groups is 1. The number of aromatic nitrogens is 4. The summed E-state index contributed by atoms with van der Waals surface area (Å²) >= 11 is 0.